The van der Waals surface area contributed by atoms with E-state index in [1.54, 1.807) is 0 Å². The Labute approximate surface area is 143 Å². The third kappa shape index (κ3) is 2.85. The molecule has 0 radical (unpaired) electrons. The highest BCUT2D eigenvalue weighted by Crippen LogP contribution is 2.47. The van der Waals surface area contributed by atoms with Crippen molar-refractivity contribution in [2.75, 3.05) is 0 Å². The van der Waals surface area contributed by atoms with Crippen LogP contribution >= 0.6 is 0 Å². The van der Waals surface area contributed by atoms with Gasteiger partial charge >= 0.3 is 0 Å². The highest BCUT2D eigenvalue weighted by Gasteiger charge is 2.48. The summed E-state index contributed by atoms with van der Waals surface area (Å²) in [4.78, 5) is 13.4. The average molecular weight is 326 g/mol. The number of guanidine groups is 2. The van der Waals surface area contributed by atoms with Crippen molar-refractivity contribution in [2.24, 2.45) is 33.5 Å². The lowest BCUT2D eigenvalue weighted by Gasteiger charge is -2.40. The molecule has 0 saturated heterocycles. The maximum absolute atomic E-state index is 6.13. The molecule has 24 heavy (non-hydrogen) atoms. The molecular weight excluding hydrogens is 300 g/mol. The second kappa shape index (κ2) is 5.76. The van der Waals surface area contributed by atoms with Gasteiger partial charge in [-0.15, -0.1) is 0 Å². The van der Waals surface area contributed by atoms with Crippen LogP contribution in [0.4, 0.5) is 0 Å². The molecular formula is C18H26N6. The van der Waals surface area contributed by atoms with E-state index >= 15 is 0 Å². The number of aliphatic imine (C=N–C) groups is 2. The van der Waals surface area contributed by atoms with Gasteiger partial charge in [-0.1, -0.05) is 6.92 Å². The van der Waals surface area contributed by atoms with E-state index in [1.165, 1.54) is 25.7 Å². The summed E-state index contributed by atoms with van der Waals surface area (Å²) in [6.45, 7) is 4.47. The zero-order valence-electron chi connectivity index (χ0n) is 14.4. The number of aromatic nitrogens is 1. The summed E-state index contributed by atoms with van der Waals surface area (Å²) in [7, 11) is 0. The molecule has 0 amide bonds. The average Bonchev–Trinajstić information content (AvgIpc) is 3.47. The van der Waals surface area contributed by atoms with Crippen molar-refractivity contribution in [1.29, 1.82) is 0 Å². The highest BCUT2D eigenvalue weighted by molar-refractivity contribution is 5.97. The van der Waals surface area contributed by atoms with Crippen LogP contribution in [0.1, 0.15) is 45.1 Å². The van der Waals surface area contributed by atoms with E-state index in [-0.39, 0.29) is 0 Å². The van der Waals surface area contributed by atoms with Crippen molar-refractivity contribution in [3.05, 3.63) is 30.1 Å². The molecule has 3 atom stereocenters. The normalized spacial score (nSPS) is 29.1. The lowest BCUT2D eigenvalue weighted by atomic mass is 9.84. The molecule has 0 aromatic carbocycles. The Bertz CT molecular complexity index is 661. The number of hydrogen-bond acceptors (Lipinski definition) is 6. The molecule has 0 spiro atoms. The second-order valence-corrected chi connectivity index (χ2v) is 7.45. The maximum Gasteiger partial charge on any atom is 0.221 e. The number of nitrogens with one attached hydrogen (secondary N) is 2. The number of rotatable bonds is 5. The Hall–Kier alpha value is -2.11. The molecule has 2 heterocycles. The Kier molecular flexibility index (Phi) is 3.70. The van der Waals surface area contributed by atoms with Crippen LogP contribution in [-0.4, -0.2) is 22.9 Å². The van der Waals surface area contributed by atoms with E-state index < -0.39 is 5.66 Å². The Balaban J connectivity index is 1.67. The van der Waals surface area contributed by atoms with Crippen LogP contribution in [0.3, 0.4) is 0 Å². The van der Waals surface area contributed by atoms with Gasteiger partial charge in [-0.3, -0.25) is 4.98 Å². The molecule has 2 aliphatic carbocycles. The van der Waals surface area contributed by atoms with E-state index in [9.17, 15) is 0 Å². The first-order chi connectivity index (χ1) is 11.6. The van der Waals surface area contributed by atoms with Gasteiger partial charge in [0.25, 0.3) is 0 Å². The maximum atomic E-state index is 6.13. The summed E-state index contributed by atoms with van der Waals surface area (Å²) in [5.74, 6) is 2.82. The largest absolute Gasteiger partial charge is 0.368 e. The topological polar surface area (TPSA) is 87.7 Å². The SMILES string of the molecule is C[C@H](C1CC1)C1(c2ccncc2)N=C(N)N=C(N[C@H](C)C2CC2)N1. The van der Waals surface area contributed by atoms with Crippen molar-refractivity contribution in [1.82, 2.24) is 15.6 Å². The molecule has 2 fully saturated rings. The lowest BCUT2D eigenvalue weighted by molar-refractivity contribution is 0.237. The van der Waals surface area contributed by atoms with Gasteiger partial charge in [-0.2, -0.15) is 4.99 Å². The van der Waals surface area contributed by atoms with Crippen molar-refractivity contribution in [3.8, 4) is 0 Å². The van der Waals surface area contributed by atoms with Gasteiger partial charge in [-0.05, 0) is 56.6 Å². The third-order valence-corrected chi connectivity index (χ3v) is 5.63. The van der Waals surface area contributed by atoms with E-state index in [2.05, 4.69) is 34.5 Å². The summed E-state index contributed by atoms with van der Waals surface area (Å²) in [6.07, 6.45) is 8.72. The first-order valence-corrected chi connectivity index (χ1v) is 8.98. The van der Waals surface area contributed by atoms with E-state index in [0.717, 1.165) is 17.4 Å². The van der Waals surface area contributed by atoms with Crippen molar-refractivity contribution in [3.63, 3.8) is 0 Å². The lowest BCUT2D eigenvalue weighted by Crippen LogP contribution is -2.58. The predicted octanol–water partition coefficient (Wildman–Crippen LogP) is 1.94. The molecule has 1 aromatic rings. The first kappa shape index (κ1) is 15.4. The fraction of sp³-hybridized carbons (Fsp3) is 0.611. The van der Waals surface area contributed by atoms with Gasteiger partial charge in [0.15, 0.2) is 5.66 Å². The van der Waals surface area contributed by atoms with Crippen molar-refractivity contribution >= 4 is 11.9 Å². The van der Waals surface area contributed by atoms with E-state index in [1.807, 2.05) is 24.5 Å². The fourth-order valence-electron chi connectivity index (χ4n) is 3.71. The first-order valence-electron chi connectivity index (χ1n) is 8.98. The standard InChI is InChI=1S/C18H26N6/c1-11(13-3-4-13)18(15-7-9-20-10-8-15)23-16(19)22-17(24-18)21-12(2)14-5-6-14/h7-14H,3-6H2,1-2H3,(H4,19,21,22,23,24)/t11-,12-,18?/m1/s1. The van der Waals surface area contributed by atoms with Crippen LogP contribution in [-0.2, 0) is 5.66 Å². The highest BCUT2D eigenvalue weighted by atomic mass is 15.4. The molecule has 6 nitrogen and oxygen atoms in total. The van der Waals surface area contributed by atoms with Crippen molar-refractivity contribution < 1.29 is 0 Å². The van der Waals surface area contributed by atoms with Gasteiger partial charge in [0, 0.05) is 29.9 Å². The summed E-state index contributed by atoms with van der Waals surface area (Å²) < 4.78 is 0. The van der Waals surface area contributed by atoms with Gasteiger partial charge < -0.3 is 16.4 Å². The zero-order valence-corrected chi connectivity index (χ0v) is 14.4. The molecule has 1 aromatic heterocycles. The Morgan fingerprint density at radius 1 is 1.17 bits per heavy atom. The summed E-state index contributed by atoms with van der Waals surface area (Å²) in [5.41, 5.74) is 6.65. The van der Waals surface area contributed by atoms with Gasteiger partial charge in [0.05, 0.1) is 0 Å². The van der Waals surface area contributed by atoms with E-state index in [0.29, 0.717) is 23.8 Å². The van der Waals surface area contributed by atoms with Gasteiger partial charge in [0.1, 0.15) is 0 Å². The van der Waals surface area contributed by atoms with Crippen LogP contribution in [0.2, 0.25) is 0 Å². The Morgan fingerprint density at radius 3 is 2.46 bits per heavy atom. The third-order valence-electron chi connectivity index (χ3n) is 5.63. The van der Waals surface area contributed by atoms with Crippen LogP contribution in [0.25, 0.3) is 0 Å². The second-order valence-electron chi connectivity index (χ2n) is 7.45. The van der Waals surface area contributed by atoms with E-state index in [4.69, 9.17) is 10.7 Å². The van der Waals surface area contributed by atoms with Gasteiger partial charge in [0.2, 0.25) is 11.9 Å². The van der Waals surface area contributed by atoms with Crippen LogP contribution in [0.5, 0.6) is 0 Å². The molecule has 128 valence electrons. The fourth-order valence-corrected chi connectivity index (χ4v) is 3.71. The minimum atomic E-state index is -0.568. The predicted molar refractivity (Wildman–Crippen MR) is 95.3 cm³/mol. The molecule has 4 rings (SSSR count). The number of nitrogens with zero attached hydrogens (tertiary/aromatic N) is 3. The molecule has 1 aliphatic heterocycles. The monoisotopic (exact) mass is 326 g/mol. The number of pyridine rings is 1. The molecule has 2 saturated carbocycles. The molecule has 1 unspecified atom stereocenters. The molecule has 3 aliphatic rings. The Morgan fingerprint density at radius 2 is 1.83 bits per heavy atom. The number of hydrogen-bond donors (Lipinski definition) is 3. The number of nitrogens with two attached hydrogens (primary N) is 1. The van der Waals surface area contributed by atoms with Crippen molar-refractivity contribution in [2.45, 2.75) is 51.2 Å². The minimum absolute atomic E-state index is 0.335. The summed E-state index contributed by atoms with van der Waals surface area (Å²) in [6, 6.07) is 4.44. The van der Waals surface area contributed by atoms with Crippen LogP contribution in [0, 0.1) is 17.8 Å². The summed E-state index contributed by atoms with van der Waals surface area (Å²) >= 11 is 0. The zero-order chi connectivity index (χ0) is 16.7. The smallest absolute Gasteiger partial charge is 0.221 e. The van der Waals surface area contributed by atoms with Gasteiger partial charge in [-0.25, -0.2) is 4.99 Å². The molecule has 6 heteroatoms. The van der Waals surface area contributed by atoms with Crippen LogP contribution in [0.15, 0.2) is 34.5 Å². The quantitative estimate of drug-likeness (QED) is 0.771. The summed E-state index contributed by atoms with van der Waals surface area (Å²) in [5, 5.41) is 7.10. The molecule has 4 N–H and O–H groups in total. The minimum Gasteiger partial charge on any atom is -0.368 e. The molecule has 0 bridgehead atoms. The van der Waals surface area contributed by atoms with Crippen LogP contribution < -0.4 is 16.4 Å².